The van der Waals surface area contributed by atoms with Crippen LogP contribution in [-0.2, 0) is 21.7 Å². The van der Waals surface area contributed by atoms with Crippen LogP contribution >= 0.6 is 11.6 Å². The van der Waals surface area contributed by atoms with Gasteiger partial charge in [-0.3, -0.25) is 0 Å². The van der Waals surface area contributed by atoms with E-state index in [0.29, 0.717) is 24.0 Å². The van der Waals surface area contributed by atoms with Gasteiger partial charge in [0.2, 0.25) is 0 Å². The van der Waals surface area contributed by atoms with E-state index in [1.807, 2.05) is 0 Å². The van der Waals surface area contributed by atoms with E-state index in [9.17, 15) is 9.90 Å². The Hall–Kier alpha value is -1.30. The second kappa shape index (κ2) is 5.60. The zero-order valence-corrected chi connectivity index (χ0v) is 12.4. The summed E-state index contributed by atoms with van der Waals surface area (Å²) in [6.07, 6.45) is 2.04. The van der Waals surface area contributed by atoms with E-state index < -0.39 is 11.8 Å². The van der Waals surface area contributed by atoms with Crippen LogP contribution in [0.15, 0.2) is 6.07 Å². The quantitative estimate of drug-likeness (QED) is 0.866. The SMILES string of the molecule is COc1c(Cl)cc2c(c1C(=O)O)CCCC2(OC)OC. The molecule has 5 nitrogen and oxygen atoms in total. The lowest BCUT2D eigenvalue weighted by molar-refractivity contribution is -0.224. The van der Waals surface area contributed by atoms with Gasteiger partial charge in [0.1, 0.15) is 5.56 Å². The van der Waals surface area contributed by atoms with Gasteiger partial charge >= 0.3 is 5.97 Å². The summed E-state index contributed by atoms with van der Waals surface area (Å²) in [5.74, 6) is -1.84. The fourth-order valence-corrected chi connectivity index (χ4v) is 3.12. The third-order valence-corrected chi connectivity index (χ3v) is 4.04. The standard InChI is InChI=1S/C14H17ClO5/c1-18-12-10(15)7-9-8(11(12)13(16)17)5-4-6-14(9,19-2)20-3/h7H,4-6H2,1-3H3,(H,16,17). The first-order valence-corrected chi connectivity index (χ1v) is 6.62. The maximum Gasteiger partial charge on any atom is 0.339 e. The van der Waals surface area contributed by atoms with Crippen molar-refractivity contribution in [2.45, 2.75) is 25.0 Å². The van der Waals surface area contributed by atoms with Crippen molar-refractivity contribution in [1.29, 1.82) is 0 Å². The molecule has 2 rings (SSSR count). The number of methoxy groups -OCH3 is 3. The maximum atomic E-state index is 11.6. The Morgan fingerprint density at radius 2 is 2.00 bits per heavy atom. The Morgan fingerprint density at radius 1 is 1.35 bits per heavy atom. The highest BCUT2D eigenvalue weighted by molar-refractivity contribution is 6.32. The second-order valence-electron chi connectivity index (χ2n) is 4.61. The number of carbonyl (C=O) groups is 1. The molecule has 0 fully saturated rings. The van der Waals surface area contributed by atoms with Gasteiger partial charge in [-0.2, -0.15) is 0 Å². The van der Waals surface area contributed by atoms with Crippen molar-refractivity contribution >= 4 is 17.6 Å². The molecule has 6 heteroatoms. The Kier molecular flexibility index (Phi) is 4.22. The van der Waals surface area contributed by atoms with Gasteiger partial charge in [-0.05, 0) is 24.5 Å². The molecule has 0 radical (unpaired) electrons. The van der Waals surface area contributed by atoms with E-state index in [-0.39, 0.29) is 16.3 Å². The van der Waals surface area contributed by atoms with Crippen LogP contribution < -0.4 is 4.74 Å². The summed E-state index contributed by atoms with van der Waals surface area (Å²) >= 11 is 6.15. The van der Waals surface area contributed by atoms with E-state index >= 15 is 0 Å². The summed E-state index contributed by atoms with van der Waals surface area (Å²) in [5, 5.41) is 9.71. The van der Waals surface area contributed by atoms with Crippen molar-refractivity contribution in [2.75, 3.05) is 21.3 Å². The molecule has 1 aromatic rings. The van der Waals surface area contributed by atoms with E-state index in [2.05, 4.69) is 0 Å². The van der Waals surface area contributed by atoms with Gasteiger partial charge in [-0.25, -0.2) is 4.79 Å². The van der Waals surface area contributed by atoms with E-state index in [0.717, 1.165) is 6.42 Å². The average molecular weight is 301 g/mol. The van der Waals surface area contributed by atoms with Gasteiger partial charge < -0.3 is 19.3 Å². The highest BCUT2D eigenvalue weighted by atomic mass is 35.5. The molecule has 0 heterocycles. The number of ether oxygens (including phenoxy) is 3. The summed E-state index contributed by atoms with van der Waals surface area (Å²) < 4.78 is 16.2. The van der Waals surface area contributed by atoms with Crippen molar-refractivity contribution in [1.82, 2.24) is 0 Å². The number of fused-ring (bicyclic) bond motifs is 1. The molecule has 0 amide bonds. The van der Waals surface area contributed by atoms with Crippen molar-refractivity contribution in [3.8, 4) is 5.75 Å². The summed E-state index contributed by atoms with van der Waals surface area (Å²) in [7, 11) is 4.48. The first-order valence-electron chi connectivity index (χ1n) is 6.24. The second-order valence-corrected chi connectivity index (χ2v) is 5.02. The van der Waals surface area contributed by atoms with Crippen LogP contribution in [0, 0.1) is 0 Å². The largest absolute Gasteiger partial charge is 0.494 e. The lowest BCUT2D eigenvalue weighted by Crippen LogP contribution is -2.35. The van der Waals surface area contributed by atoms with Crippen LogP contribution in [0.5, 0.6) is 5.75 Å². The van der Waals surface area contributed by atoms with Crippen molar-refractivity contribution in [3.05, 3.63) is 27.8 Å². The first-order chi connectivity index (χ1) is 9.50. The summed E-state index contributed by atoms with van der Waals surface area (Å²) in [6.45, 7) is 0. The molecule has 1 aromatic carbocycles. The molecular weight excluding hydrogens is 284 g/mol. The smallest absolute Gasteiger partial charge is 0.339 e. The van der Waals surface area contributed by atoms with E-state index in [1.165, 1.54) is 21.3 Å². The minimum atomic E-state index is -1.07. The fourth-order valence-electron chi connectivity index (χ4n) is 2.84. The van der Waals surface area contributed by atoms with Gasteiger partial charge in [0.05, 0.1) is 12.1 Å². The van der Waals surface area contributed by atoms with Gasteiger partial charge in [0.15, 0.2) is 11.5 Å². The Labute approximate surface area is 122 Å². The van der Waals surface area contributed by atoms with Crippen LogP contribution in [0.4, 0.5) is 0 Å². The maximum absolute atomic E-state index is 11.6. The number of benzene rings is 1. The number of halogens is 1. The van der Waals surface area contributed by atoms with Gasteiger partial charge in [-0.1, -0.05) is 11.6 Å². The molecule has 0 aromatic heterocycles. The first kappa shape index (κ1) is 15.1. The number of carboxylic acid groups (broad SMARTS) is 1. The zero-order valence-electron chi connectivity index (χ0n) is 11.7. The molecule has 0 saturated heterocycles. The van der Waals surface area contributed by atoms with Crippen molar-refractivity contribution in [3.63, 3.8) is 0 Å². The summed E-state index contributed by atoms with van der Waals surface area (Å²) in [6, 6.07) is 1.67. The minimum Gasteiger partial charge on any atom is -0.494 e. The predicted molar refractivity (Wildman–Crippen MR) is 73.6 cm³/mol. The van der Waals surface area contributed by atoms with Crippen LogP contribution in [0.2, 0.25) is 5.02 Å². The highest BCUT2D eigenvalue weighted by Crippen LogP contribution is 2.45. The minimum absolute atomic E-state index is 0.0909. The summed E-state index contributed by atoms with van der Waals surface area (Å²) in [5.41, 5.74) is 1.42. The topological polar surface area (TPSA) is 65.0 Å². The molecule has 0 spiro atoms. The molecule has 1 aliphatic rings. The molecule has 1 aliphatic carbocycles. The number of hydrogen-bond donors (Lipinski definition) is 1. The number of carboxylic acids is 1. The third kappa shape index (κ3) is 2.16. The third-order valence-electron chi connectivity index (χ3n) is 3.76. The van der Waals surface area contributed by atoms with Crippen LogP contribution in [0.3, 0.4) is 0 Å². The lowest BCUT2D eigenvalue weighted by Gasteiger charge is -2.37. The monoisotopic (exact) mass is 300 g/mol. The Balaban J connectivity index is 2.78. The number of aromatic carboxylic acids is 1. The van der Waals surface area contributed by atoms with Crippen LogP contribution in [-0.4, -0.2) is 32.4 Å². The normalized spacial score (nSPS) is 16.6. The molecule has 0 saturated carbocycles. The van der Waals surface area contributed by atoms with Gasteiger partial charge in [0, 0.05) is 26.2 Å². The van der Waals surface area contributed by atoms with Crippen LogP contribution in [0.25, 0.3) is 0 Å². The molecule has 20 heavy (non-hydrogen) atoms. The van der Waals surface area contributed by atoms with Gasteiger partial charge in [0.25, 0.3) is 0 Å². The average Bonchev–Trinajstić information content (AvgIpc) is 2.45. The molecular formula is C14H17ClO5. The number of hydrogen-bond acceptors (Lipinski definition) is 4. The Morgan fingerprint density at radius 3 is 2.50 bits per heavy atom. The van der Waals surface area contributed by atoms with Crippen LogP contribution in [0.1, 0.15) is 34.3 Å². The zero-order chi connectivity index (χ0) is 14.9. The fraction of sp³-hybridized carbons (Fsp3) is 0.500. The van der Waals surface area contributed by atoms with E-state index in [4.69, 9.17) is 25.8 Å². The molecule has 0 bridgehead atoms. The highest BCUT2D eigenvalue weighted by Gasteiger charge is 2.40. The summed E-state index contributed by atoms with van der Waals surface area (Å²) in [4.78, 5) is 11.6. The molecule has 0 atom stereocenters. The van der Waals surface area contributed by atoms with Crippen molar-refractivity contribution < 1.29 is 24.1 Å². The Bertz CT molecular complexity index is 537. The van der Waals surface area contributed by atoms with Crippen molar-refractivity contribution in [2.24, 2.45) is 0 Å². The molecule has 0 aliphatic heterocycles. The number of rotatable bonds is 4. The predicted octanol–water partition coefficient (Wildman–Crippen LogP) is 2.83. The molecule has 1 N–H and O–H groups in total. The lowest BCUT2D eigenvalue weighted by atomic mass is 9.83. The molecule has 110 valence electrons. The molecule has 0 unspecified atom stereocenters. The van der Waals surface area contributed by atoms with E-state index in [1.54, 1.807) is 6.07 Å². The van der Waals surface area contributed by atoms with Gasteiger partial charge in [-0.15, -0.1) is 0 Å².